The predicted octanol–water partition coefficient (Wildman–Crippen LogP) is -0.0770. The monoisotopic (exact) mass is 231 g/mol. The smallest absolute Gasteiger partial charge is 0.294 e. The Labute approximate surface area is 93.6 Å². The molecule has 1 amide bonds. The van der Waals surface area contributed by atoms with Crippen LogP contribution < -0.4 is 5.73 Å². The van der Waals surface area contributed by atoms with Crippen molar-refractivity contribution in [2.75, 3.05) is 13.1 Å². The molecule has 1 rings (SSSR count). The Bertz CT molecular complexity index is 279. The van der Waals surface area contributed by atoms with Gasteiger partial charge < -0.3 is 15.5 Å². The van der Waals surface area contributed by atoms with Crippen molar-refractivity contribution in [2.45, 2.75) is 38.3 Å². The molecule has 0 aromatic carbocycles. The highest BCUT2D eigenvalue weighted by Crippen LogP contribution is 2.16. The minimum absolute atomic E-state index is 0.132. The van der Waals surface area contributed by atoms with E-state index in [-0.39, 0.29) is 5.91 Å². The van der Waals surface area contributed by atoms with Crippen LogP contribution in [0.2, 0.25) is 0 Å². The molecule has 0 radical (unpaired) electrons. The highest BCUT2D eigenvalue weighted by atomic mass is 17.0. The number of piperidine rings is 1. The average Bonchev–Trinajstić information content (AvgIpc) is 2.15. The van der Waals surface area contributed by atoms with Crippen LogP contribution in [-0.4, -0.2) is 40.6 Å². The molecular weight excluding hydrogens is 214 g/mol. The van der Waals surface area contributed by atoms with Crippen molar-refractivity contribution in [3.63, 3.8) is 0 Å². The first-order chi connectivity index (χ1) is 7.30. The van der Waals surface area contributed by atoms with E-state index >= 15 is 0 Å². The Morgan fingerprint density at radius 1 is 1.50 bits per heavy atom. The SMILES string of the molecule is CC(C)(N)C(=O)N1CCC(O[N+](=O)[O-])CC1. The van der Waals surface area contributed by atoms with Crippen LogP contribution in [0, 0.1) is 10.1 Å². The number of hydrogen-bond donors (Lipinski definition) is 1. The molecule has 0 saturated carbocycles. The third-order valence-electron chi connectivity index (χ3n) is 2.52. The van der Waals surface area contributed by atoms with E-state index in [9.17, 15) is 14.9 Å². The van der Waals surface area contributed by atoms with Gasteiger partial charge in [-0.1, -0.05) is 0 Å². The van der Waals surface area contributed by atoms with Gasteiger partial charge in [0, 0.05) is 13.1 Å². The van der Waals surface area contributed by atoms with E-state index in [4.69, 9.17) is 5.73 Å². The van der Waals surface area contributed by atoms with Crippen LogP contribution in [-0.2, 0) is 9.63 Å². The molecule has 1 saturated heterocycles. The first-order valence-electron chi connectivity index (χ1n) is 5.20. The molecule has 2 N–H and O–H groups in total. The quantitative estimate of drug-likeness (QED) is 0.541. The van der Waals surface area contributed by atoms with Crippen molar-refractivity contribution in [1.29, 1.82) is 0 Å². The van der Waals surface area contributed by atoms with Gasteiger partial charge >= 0.3 is 0 Å². The Morgan fingerprint density at radius 2 is 2.00 bits per heavy atom. The van der Waals surface area contributed by atoms with Gasteiger partial charge in [-0.25, -0.2) is 0 Å². The number of nitrogens with two attached hydrogens (primary N) is 1. The molecule has 0 spiro atoms. The van der Waals surface area contributed by atoms with Crippen molar-refractivity contribution >= 4 is 5.91 Å². The van der Waals surface area contributed by atoms with Gasteiger partial charge in [0.25, 0.3) is 5.09 Å². The van der Waals surface area contributed by atoms with E-state index in [2.05, 4.69) is 4.84 Å². The standard InChI is InChI=1S/C9H17N3O4/c1-9(2,10)8(13)11-5-3-7(4-6-11)16-12(14)15/h7H,3-6,10H2,1-2H3. The van der Waals surface area contributed by atoms with Crippen molar-refractivity contribution in [1.82, 2.24) is 4.90 Å². The topological polar surface area (TPSA) is 98.7 Å². The zero-order valence-corrected chi connectivity index (χ0v) is 9.51. The first-order valence-corrected chi connectivity index (χ1v) is 5.20. The van der Waals surface area contributed by atoms with Gasteiger partial charge in [-0.2, -0.15) is 0 Å². The maximum Gasteiger partial charge on any atom is 0.294 e. The molecule has 1 fully saturated rings. The molecule has 0 aromatic rings. The summed E-state index contributed by atoms with van der Waals surface area (Å²) < 4.78 is 0. The van der Waals surface area contributed by atoms with Crippen molar-refractivity contribution in [2.24, 2.45) is 5.73 Å². The number of carbonyl (C=O) groups is 1. The van der Waals surface area contributed by atoms with Gasteiger partial charge in [-0.05, 0) is 26.7 Å². The Hall–Kier alpha value is -1.37. The number of carbonyl (C=O) groups excluding carboxylic acids is 1. The second-order valence-corrected chi connectivity index (χ2v) is 4.54. The van der Waals surface area contributed by atoms with Crippen molar-refractivity contribution in [3.05, 3.63) is 10.1 Å². The average molecular weight is 231 g/mol. The lowest BCUT2D eigenvalue weighted by Gasteiger charge is -2.34. The summed E-state index contributed by atoms with van der Waals surface area (Å²) in [4.78, 5) is 28.0. The third kappa shape index (κ3) is 3.34. The molecule has 0 bridgehead atoms. The lowest BCUT2D eigenvalue weighted by atomic mass is 10.0. The van der Waals surface area contributed by atoms with E-state index in [0.29, 0.717) is 25.9 Å². The van der Waals surface area contributed by atoms with Gasteiger partial charge in [0.2, 0.25) is 5.91 Å². The van der Waals surface area contributed by atoms with E-state index in [1.54, 1.807) is 18.7 Å². The summed E-state index contributed by atoms with van der Waals surface area (Å²) in [5, 5.41) is 9.34. The van der Waals surface area contributed by atoms with Gasteiger partial charge in [-0.15, -0.1) is 10.1 Å². The van der Waals surface area contributed by atoms with Crippen LogP contribution >= 0.6 is 0 Å². The van der Waals surface area contributed by atoms with Crippen LogP contribution in [0.25, 0.3) is 0 Å². The molecule has 7 nitrogen and oxygen atoms in total. The fourth-order valence-corrected chi connectivity index (χ4v) is 1.69. The van der Waals surface area contributed by atoms with Gasteiger partial charge in [0.1, 0.15) is 6.10 Å². The number of nitrogens with zero attached hydrogens (tertiary/aromatic N) is 2. The van der Waals surface area contributed by atoms with Gasteiger partial charge in [0.05, 0.1) is 5.54 Å². The van der Waals surface area contributed by atoms with Crippen LogP contribution in [0.3, 0.4) is 0 Å². The minimum atomic E-state index is -0.892. The molecule has 1 heterocycles. The second-order valence-electron chi connectivity index (χ2n) is 4.54. The van der Waals surface area contributed by atoms with Crippen LogP contribution in [0.5, 0.6) is 0 Å². The molecule has 1 aliphatic rings. The summed E-state index contributed by atoms with van der Waals surface area (Å²) in [5.41, 5.74) is 4.80. The molecule has 1 aliphatic heterocycles. The summed E-state index contributed by atoms with van der Waals surface area (Å²) in [6.45, 7) is 4.21. The Kier molecular flexibility index (Phi) is 3.69. The highest BCUT2D eigenvalue weighted by Gasteiger charge is 2.31. The number of likely N-dealkylation sites (tertiary alicyclic amines) is 1. The van der Waals surface area contributed by atoms with Crippen LogP contribution in [0.15, 0.2) is 0 Å². The molecule has 0 aromatic heterocycles. The summed E-state index contributed by atoms with van der Waals surface area (Å²) in [5.74, 6) is -0.132. The van der Waals surface area contributed by atoms with Gasteiger partial charge in [-0.3, -0.25) is 4.79 Å². The van der Waals surface area contributed by atoms with E-state index < -0.39 is 16.7 Å². The summed E-state index contributed by atoms with van der Waals surface area (Å²) in [7, 11) is 0. The summed E-state index contributed by atoms with van der Waals surface area (Å²) >= 11 is 0. The fourth-order valence-electron chi connectivity index (χ4n) is 1.69. The molecule has 0 atom stereocenters. The fraction of sp³-hybridized carbons (Fsp3) is 0.889. The summed E-state index contributed by atoms with van der Waals surface area (Å²) in [6, 6.07) is 0. The van der Waals surface area contributed by atoms with E-state index in [0.717, 1.165) is 0 Å². The second kappa shape index (κ2) is 4.65. The number of hydrogen-bond acceptors (Lipinski definition) is 5. The lowest BCUT2D eigenvalue weighted by Crippen LogP contribution is -2.53. The van der Waals surface area contributed by atoms with Crippen molar-refractivity contribution in [3.8, 4) is 0 Å². The first kappa shape index (κ1) is 12.7. The molecule has 0 unspecified atom stereocenters. The molecule has 92 valence electrons. The molecule has 16 heavy (non-hydrogen) atoms. The van der Waals surface area contributed by atoms with E-state index in [1.165, 1.54) is 0 Å². The highest BCUT2D eigenvalue weighted by molar-refractivity contribution is 5.85. The molecule has 0 aliphatic carbocycles. The zero-order chi connectivity index (χ0) is 12.3. The normalized spacial score (nSPS) is 18.3. The molecular formula is C9H17N3O4. The minimum Gasteiger partial charge on any atom is -0.341 e. The predicted molar refractivity (Wildman–Crippen MR) is 55.9 cm³/mol. The number of rotatable bonds is 3. The van der Waals surface area contributed by atoms with E-state index in [1.807, 2.05) is 0 Å². The Morgan fingerprint density at radius 3 is 2.38 bits per heavy atom. The Balaban J connectivity index is 2.43. The van der Waals surface area contributed by atoms with Gasteiger partial charge in [0.15, 0.2) is 0 Å². The lowest BCUT2D eigenvalue weighted by molar-refractivity contribution is -0.769. The van der Waals surface area contributed by atoms with Crippen molar-refractivity contribution < 1.29 is 14.7 Å². The summed E-state index contributed by atoms with van der Waals surface area (Å²) in [6.07, 6.45) is 0.547. The third-order valence-corrected chi connectivity index (χ3v) is 2.52. The largest absolute Gasteiger partial charge is 0.341 e. The van der Waals surface area contributed by atoms with Crippen LogP contribution in [0.1, 0.15) is 26.7 Å². The van der Waals surface area contributed by atoms with Crippen LogP contribution in [0.4, 0.5) is 0 Å². The maximum atomic E-state index is 11.8. The molecule has 7 heteroatoms. The number of amides is 1. The maximum absolute atomic E-state index is 11.8. The zero-order valence-electron chi connectivity index (χ0n) is 9.51.